The normalized spacial score (nSPS) is 12.9. The molecule has 2 rings (SSSR count). The van der Waals surface area contributed by atoms with Crippen molar-refractivity contribution in [3.63, 3.8) is 0 Å². The van der Waals surface area contributed by atoms with Gasteiger partial charge in [-0.1, -0.05) is 32.0 Å². The summed E-state index contributed by atoms with van der Waals surface area (Å²) in [4.78, 5) is 0. The minimum atomic E-state index is 0.701. The van der Waals surface area contributed by atoms with Gasteiger partial charge in [-0.3, -0.25) is 4.68 Å². The molecule has 1 aromatic carbocycles. The highest BCUT2D eigenvalue weighted by Gasteiger charge is 2.10. The van der Waals surface area contributed by atoms with Crippen LogP contribution in [0.3, 0.4) is 0 Å². The van der Waals surface area contributed by atoms with Crippen LogP contribution in [0.25, 0.3) is 10.9 Å². The molecule has 0 aliphatic heterocycles. The van der Waals surface area contributed by atoms with Gasteiger partial charge in [0.2, 0.25) is 0 Å². The second kappa shape index (κ2) is 7.44. The molecule has 3 heteroatoms. The Morgan fingerprint density at radius 1 is 1.25 bits per heavy atom. The summed E-state index contributed by atoms with van der Waals surface area (Å²) < 4.78 is 2.12. The van der Waals surface area contributed by atoms with Crippen molar-refractivity contribution < 1.29 is 0 Å². The Kier molecular flexibility index (Phi) is 5.60. The van der Waals surface area contributed by atoms with Crippen LogP contribution < -0.4 is 5.32 Å². The number of fused-ring (bicyclic) bond motifs is 1. The highest BCUT2D eigenvalue weighted by molar-refractivity contribution is 5.81. The largest absolute Gasteiger partial charge is 0.316 e. The van der Waals surface area contributed by atoms with Crippen molar-refractivity contribution in [2.75, 3.05) is 13.1 Å². The van der Waals surface area contributed by atoms with Crippen LogP contribution in [0.5, 0.6) is 0 Å². The number of aryl methyl sites for hydroxylation is 2. The lowest BCUT2D eigenvalue weighted by Gasteiger charge is -2.11. The molecule has 0 amide bonds. The number of benzene rings is 1. The Hall–Kier alpha value is -1.35. The highest BCUT2D eigenvalue weighted by Crippen LogP contribution is 2.20. The molecule has 110 valence electrons. The number of nitrogens with one attached hydrogen (secondary N) is 1. The molecule has 0 aliphatic rings. The maximum absolute atomic E-state index is 4.77. The number of para-hydroxylation sites is 1. The number of hydrogen-bond donors (Lipinski definition) is 1. The molecule has 0 saturated heterocycles. The average Bonchev–Trinajstić information content (AvgIpc) is 2.84. The van der Waals surface area contributed by atoms with E-state index in [1.165, 1.54) is 29.4 Å². The minimum Gasteiger partial charge on any atom is -0.316 e. The van der Waals surface area contributed by atoms with Crippen LogP contribution in [0.1, 0.15) is 39.3 Å². The van der Waals surface area contributed by atoms with Crippen molar-refractivity contribution in [2.45, 2.75) is 46.6 Å². The molecule has 0 bridgehead atoms. The molecule has 1 unspecified atom stereocenters. The third-order valence-corrected chi connectivity index (χ3v) is 3.83. The number of aromatic nitrogens is 2. The van der Waals surface area contributed by atoms with Crippen LogP contribution in [0.2, 0.25) is 0 Å². The maximum Gasteiger partial charge on any atom is 0.0703 e. The molecular formula is C17H27N3. The zero-order valence-corrected chi connectivity index (χ0v) is 13.0. The number of hydrogen-bond acceptors (Lipinski definition) is 2. The third kappa shape index (κ3) is 3.60. The molecule has 3 nitrogen and oxygen atoms in total. The van der Waals surface area contributed by atoms with E-state index in [4.69, 9.17) is 5.10 Å². The van der Waals surface area contributed by atoms with Gasteiger partial charge in [-0.05, 0) is 51.3 Å². The third-order valence-electron chi connectivity index (χ3n) is 3.83. The topological polar surface area (TPSA) is 29.9 Å². The van der Waals surface area contributed by atoms with E-state index in [1.807, 2.05) is 0 Å². The van der Waals surface area contributed by atoms with Gasteiger partial charge < -0.3 is 5.32 Å². The lowest BCUT2D eigenvalue weighted by molar-refractivity contribution is 0.478. The summed E-state index contributed by atoms with van der Waals surface area (Å²) in [5.41, 5.74) is 2.52. The standard InChI is InChI=1S/C17H27N3/c1-4-12-18-13-14(3)10-11-16-15-8-6-7-9-17(15)20(5-2)19-16/h6-9,14,18H,4-5,10-13H2,1-3H3. The Balaban J connectivity index is 1.99. The molecule has 0 aliphatic carbocycles. The zero-order chi connectivity index (χ0) is 14.4. The van der Waals surface area contributed by atoms with E-state index >= 15 is 0 Å². The van der Waals surface area contributed by atoms with Crippen molar-refractivity contribution in [3.05, 3.63) is 30.0 Å². The van der Waals surface area contributed by atoms with Gasteiger partial charge in [-0.2, -0.15) is 5.10 Å². The van der Waals surface area contributed by atoms with Gasteiger partial charge in [-0.15, -0.1) is 0 Å². The minimum absolute atomic E-state index is 0.701. The van der Waals surface area contributed by atoms with Gasteiger partial charge in [0.1, 0.15) is 0 Å². The van der Waals surface area contributed by atoms with E-state index in [9.17, 15) is 0 Å². The van der Waals surface area contributed by atoms with Crippen LogP contribution in [0.15, 0.2) is 24.3 Å². The average molecular weight is 273 g/mol. The summed E-state index contributed by atoms with van der Waals surface area (Å²) in [6.45, 7) is 9.86. The lowest BCUT2D eigenvalue weighted by atomic mass is 10.0. The summed E-state index contributed by atoms with van der Waals surface area (Å²) in [6, 6.07) is 8.57. The summed E-state index contributed by atoms with van der Waals surface area (Å²) in [6.07, 6.45) is 3.47. The molecule has 0 saturated carbocycles. The molecule has 2 aromatic rings. The van der Waals surface area contributed by atoms with Crippen molar-refractivity contribution in [2.24, 2.45) is 5.92 Å². The summed E-state index contributed by atoms with van der Waals surface area (Å²) >= 11 is 0. The van der Waals surface area contributed by atoms with E-state index in [1.54, 1.807) is 0 Å². The Morgan fingerprint density at radius 2 is 2.05 bits per heavy atom. The smallest absolute Gasteiger partial charge is 0.0703 e. The molecular weight excluding hydrogens is 246 g/mol. The fourth-order valence-electron chi connectivity index (χ4n) is 2.63. The van der Waals surface area contributed by atoms with E-state index in [2.05, 4.69) is 55.0 Å². The van der Waals surface area contributed by atoms with Gasteiger partial charge in [-0.25, -0.2) is 0 Å². The van der Waals surface area contributed by atoms with Crippen LogP contribution in [-0.4, -0.2) is 22.9 Å². The summed E-state index contributed by atoms with van der Waals surface area (Å²) in [5.74, 6) is 0.701. The highest BCUT2D eigenvalue weighted by atomic mass is 15.3. The van der Waals surface area contributed by atoms with Gasteiger partial charge in [0.15, 0.2) is 0 Å². The van der Waals surface area contributed by atoms with E-state index in [0.717, 1.165) is 26.1 Å². The molecule has 0 fully saturated rings. The van der Waals surface area contributed by atoms with E-state index < -0.39 is 0 Å². The van der Waals surface area contributed by atoms with Crippen molar-refractivity contribution in [1.29, 1.82) is 0 Å². The van der Waals surface area contributed by atoms with Gasteiger partial charge >= 0.3 is 0 Å². The zero-order valence-electron chi connectivity index (χ0n) is 13.0. The quantitative estimate of drug-likeness (QED) is 0.744. The van der Waals surface area contributed by atoms with Gasteiger partial charge in [0, 0.05) is 11.9 Å². The summed E-state index contributed by atoms with van der Waals surface area (Å²) in [5, 5.41) is 9.59. The fraction of sp³-hybridized carbons (Fsp3) is 0.588. The molecule has 1 heterocycles. The molecule has 0 spiro atoms. The Labute approximate surface area is 122 Å². The number of nitrogens with zero attached hydrogens (tertiary/aromatic N) is 2. The van der Waals surface area contributed by atoms with Gasteiger partial charge in [0.05, 0.1) is 11.2 Å². The van der Waals surface area contributed by atoms with Crippen LogP contribution in [0, 0.1) is 5.92 Å². The van der Waals surface area contributed by atoms with Gasteiger partial charge in [0.25, 0.3) is 0 Å². The molecule has 1 N–H and O–H groups in total. The lowest BCUT2D eigenvalue weighted by Crippen LogP contribution is -2.22. The predicted octanol–water partition coefficient (Wildman–Crippen LogP) is 3.62. The fourth-order valence-corrected chi connectivity index (χ4v) is 2.63. The van der Waals surface area contributed by atoms with Crippen LogP contribution in [-0.2, 0) is 13.0 Å². The van der Waals surface area contributed by atoms with Crippen molar-refractivity contribution >= 4 is 10.9 Å². The predicted molar refractivity (Wildman–Crippen MR) is 86.1 cm³/mol. The maximum atomic E-state index is 4.77. The summed E-state index contributed by atoms with van der Waals surface area (Å²) in [7, 11) is 0. The van der Waals surface area contributed by atoms with E-state index in [0.29, 0.717) is 5.92 Å². The van der Waals surface area contributed by atoms with Crippen LogP contribution in [0.4, 0.5) is 0 Å². The first-order chi connectivity index (χ1) is 9.76. The molecule has 1 aromatic heterocycles. The Bertz CT molecular complexity index is 530. The first kappa shape index (κ1) is 15.0. The Morgan fingerprint density at radius 3 is 2.80 bits per heavy atom. The monoisotopic (exact) mass is 273 g/mol. The molecule has 1 atom stereocenters. The van der Waals surface area contributed by atoms with E-state index in [-0.39, 0.29) is 0 Å². The molecule has 20 heavy (non-hydrogen) atoms. The second-order valence-corrected chi connectivity index (χ2v) is 5.63. The first-order valence-electron chi connectivity index (χ1n) is 7.91. The second-order valence-electron chi connectivity index (χ2n) is 5.63. The first-order valence-corrected chi connectivity index (χ1v) is 7.91. The van der Waals surface area contributed by atoms with Crippen LogP contribution >= 0.6 is 0 Å². The molecule has 0 radical (unpaired) electrons. The SMILES string of the molecule is CCCNCC(C)CCc1nn(CC)c2ccccc12. The van der Waals surface area contributed by atoms with Crippen molar-refractivity contribution in [3.8, 4) is 0 Å². The number of rotatable bonds is 8. The van der Waals surface area contributed by atoms with Crippen molar-refractivity contribution in [1.82, 2.24) is 15.1 Å².